The van der Waals surface area contributed by atoms with Gasteiger partial charge in [-0.05, 0) is 85.6 Å². The van der Waals surface area contributed by atoms with Crippen LogP contribution in [0.15, 0.2) is 107 Å². The average Bonchev–Trinajstić information content (AvgIpc) is 3.10. The van der Waals surface area contributed by atoms with Gasteiger partial charge in [-0.15, -0.1) is 0 Å². The lowest BCUT2D eigenvalue weighted by molar-refractivity contribution is 0.370. The highest BCUT2D eigenvalue weighted by Crippen LogP contribution is 2.25. The van der Waals surface area contributed by atoms with Crippen molar-refractivity contribution < 1.29 is 34.3 Å². The Balaban J connectivity index is 1.09. The first kappa shape index (κ1) is 36.4. The Hall–Kier alpha value is -5.42. The van der Waals surface area contributed by atoms with Crippen LogP contribution in [-0.2, 0) is 33.9 Å². The van der Waals surface area contributed by atoms with Crippen molar-refractivity contribution in [3.8, 4) is 34.3 Å². The van der Waals surface area contributed by atoms with Gasteiger partial charge in [0.1, 0.15) is 23.1 Å². The number of hydrogen-bond donors (Lipinski definition) is 0. The molecule has 0 spiro atoms. The molecular weight excluding hydrogens is 713 g/mol. The maximum Gasteiger partial charge on any atom is 0.262 e. The first-order valence-electron chi connectivity index (χ1n) is 16.4. The SMILES string of the molecule is O=c1c2ccccc2nc(-c2ccc(OS(=O)(=O)[O-])cc2)n1CCCCCCCCn1c(-c2ccc(OS(=O)(=O)[O-])cc2)nc2ccccc2c1=O. The van der Waals surface area contributed by atoms with Crippen molar-refractivity contribution in [2.24, 2.45) is 0 Å². The van der Waals surface area contributed by atoms with Crippen molar-refractivity contribution in [1.82, 2.24) is 19.1 Å². The van der Waals surface area contributed by atoms with Crippen molar-refractivity contribution >= 4 is 42.6 Å². The van der Waals surface area contributed by atoms with Crippen LogP contribution >= 0.6 is 0 Å². The molecule has 52 heavy (non-hydrogen) atoms. The van der Waals surface area contributed by atoms with Gasteiger partial charge in [0.05, 0.1) is 21.8 Å². The molecule has 0 saturated carbocycles. The molecule has 6 aromatic rings. The summed E-state index contributed by atoms with van der Waals surface area (Å²) in [7, 11) is -9.86. The molecule has 6 rings (SSSR count). The van der Waals surface area contributed by atoms with E-state index in [9.17, 15) is 35.5 Å². The molecule has 0 fully saturated rings. The molecule has 0 unspecified atom stereocenters. The van der Waals surface area contributed by atoms with E-state index in [0.29, 0.717) is 70.5 Å². The van der Waals surface area contributed by atoms with E-state index in [4.69, 9.17) is 9.97 Å². The molecule has 0 N–H and O–H groups in total. The Bertz CT molecular complexity index is 2390. The Kier molecular flexibility index (Phi) is 10.8. The normalized spacial score (nSPS) is 12.0. The molecule has 4 aromatic carbocycles. The Morgan fingerprint density at radius 2 is 0.846 bits per heavy atom. The highest BCUT2D eigenvalue weighted by atomic mass is 32.3. The Morgan fingerprint density at radius 3 is 1.21 bits per heavy atom. The maximum atomic E-state index is 13.5. The summed E-state index contributed by atoms with van der Waals surface area (Å²) in [5, 5.41) is 0.947. The third-order valence-corrected chi connectivity index (χ3v) is 9.15. The lowest BCUT2D eigenvalue weighted by atomic mass is 10.1. The molecule has 14 nitrogen and oxygen atoms in total. The predicted octanol–water partition coefficient (Wildman–Crippen LogP) is 5.16. The minimum atomic E-state index is -4.93. The fraction of sp³-hybridized carbons (Fsp3) is 0.222. The maximum absolute atomic E-state index is 13.5. The Morgan fingerprint density at radius 1 is 0.500 bits per heavy atom. The quantitative estimate of drug-likeness (QED) is 0.0760. The second-order valence-electron chi connectivity index (χ2n) is 12.0. The highest BCUT2D eigenvalue weighted by Gasteiger charge is 2.15. The third kappa shape index (κ3) is 8.89. The average molecular weight is 745 g/mol. The van der Waals surface area contributed by atoms with Gasteiger partial charge in [-0.2, -0.15) is 0 Å². The van der Waals surface area contributed by atoms with Crippen molar-refractivity contribution in [2.75, 3.05) is 0 Å². The zero-order chi connectivity index (χ0) is 36.9. The molecule has 0 amide bonds. The number of fused-ring (bicyclic) bond motifs is 2. The molecule has 2 heterocycles. The van der Waals surface area contributed by atoms with Gasteiger partial charge in [-0.3, -0.25) is 18.7 Å². The van der Waals surface area contributed by atoms with Crippen LogP contribution in [0.25, 0.3) is 44.6 Å². The van der Waals surface area contributed by atoms with E-state index in [2.05, 4.69) is 8.37 Å². The molecular formula is C36H32N4O10S2-2. The third-order valence-electron chi connectivity index (χ3n) is 8.36. The summed E-state index contributed by atoms with van der Waals surface area (Å²) in [5.74, 6) is 0.518. The summed E-state index contributed by atoms with van der Waals surface area (Å²) in [4.78, 5) is 36.5. The molecule has 0 atom stereocenters. The van der Waals surface area contributed by atoms with Crippen LogP contribution < -0.4 is 19.5 Å². The fourth-order valence-electron chi connectivity index (χ4n) is 5.99. The topological polar surface area (TPSA) is 203 Å². The monoisotopic (exact) mass is 744 g/mol. The van der Waals surface area contributed by atoms with Gasteiger partial charge in [0.25, 0.3) is 31.9 Å². The molecule has 0 aliphatic heterocycles. The second-order valence-corrected chi connectivity index (χ2v) is 13.9. The summed E-state index contributed by atoms with van der Waals surface area (Å²) in [6.07, 6.45) is 4.78. The number of para-hydroxylation sites is 2. The molecule has 0 bridgehead atoms. The summed E-state index contributed by atoms with van der Waals surface area (Å²) in [6.45, 7) is 0.788. The molecule has 0 radical (unpaired) electrons. The van der Waals surface area contributed by atoms with Crippen LogP contribution in [0.2, 0.25) is 0 Å². The fourth-order valence-corrected chi connectivity index (χ4v) is 6.69. The molecule has 16 heteroatoms. The summed E-state index contributed by atoms with van der Waals surface area (Å²) >= 11 is 0. The van der Waals surface area contributed by atoms with Gasteiger partial charge >= 0.3 is 0 Å². The highest BCUT2D eigenvalue weighted by molar-refractivity contribution is 7.81. The summed E-state index contributed by atoms with van der Waals surface area (Å²) in [5.41, 5.74) is 1.74. The van der Waals surface area contributed by atoms with Gasteiger partial charge in [-0.25, -0.2) is 26.8 Å². The van der Waals surface area contributed by atoms with E-state index in [1.807, 2.05) is 0 Å². The Labute approximate surface area is 298 Å². The number of rotatable bonds is 15. The molecule has 0 saturated heterocycles. The summed E-state index contributed by atoms with van der Waals surface area (Å²) in [6, 6.07) is 25.5. The van der Waals surface area contributed by atoms with E-state index < -0.39 is 20.8 Å². The second kappa shape index (κ2) is 15.4. The van der Waals surface area contributed by atoms with Crippen molar-refractivity contribution in [2.45, 2.75) is 51.6 Å². The van der Waals surface area contributed by atoms with Gasteiger partial charge in [0.2, 0.25) is 0 Å². The van der Waals surface area contributed by atoms with Gasteiger partial charge < -0.3 is 17.5 Å². The lowest BCUT2D eigenvalue weighted by Crippen LogP contribution is -2.24. The van der Waals surface area contributed by atoms with E-state index >= 15 is 0 Å². The lowest BCUT2D eigenvalue weighted by Gasteiger charge is -2.15. The van der Waals surface area contributed by atoms with Crippen molar-refractivity contribution in [1.29, 1.82) is 0 Å². The molecule has 0 aliphatic rings. The first-order chi connectivity index (χ1) is 24.9. The van der Waals surface area contributed by atoms with Crippen LogP contribution in [0.1, 0.15) is 38.5 Å². The first-order valence-corrected chi connectivity index (χ1v) is 19.0. The van der Waals surface area contributed by atoms with Crippen LogP contribution in [0.3, 0.4) is 0 Å². The van der Waals surface area contributed by atoms with Crippen LogP contribution in [0, 0.1) is 0 Å². The zero-order valence-corrected chi connectivity index (χ0v) is 29.2. The van der Waals surface area contributed by atoms with E-state index in [0.717, 1.165) is 25.7 Å². The summed E-state index contributed by atoms with van der Waals surface area (Å²) < 4.78 is 77.9. The van der Waals surface area contributed by atoms with E-state index in [-0.39, 0.29) is 22.6 Å². The number of aromatic nitrogens is 4. The van der Waals surface area contributed by atoms with Crippen LogP contribution in [0.4, 0.5) is 0 Å². The van der Waals surface area contributed by atoms with Crippen LogP contribution in [0.5, 0.6) is 11.5 Å². The number of nitrogens with zero attached hydrogens (tertiary/aromatic N) is 4. The molecule has 0 aliphatic carbocycles. The van der Waals surface area contributed by atoms with Crippen LogP contribution in [-0.4, -0.2) is 45.0 Å². The largest absolute Gasteiger partial charge is 0.716 e. The standard InChI is InChI=1S/C36H34N4O10S2/c41-35-29-11-5-7-13-31(29)37-33(25-15-19-27(20-16-25)49-51(43,44)45)39(35)23-9-3-1-2-4-10-24-40-34(38-32-14-8-6-12-30(32)36(40)42)26-17-21-28(22-18-26)50-52(46,47)48/h5-8,11-22H,1-4,9-10,23-24H2,(H,43,44,45)(H,46,47,48)/p-2. The smallest absolute Gasteiger partial charge is 0.262 e. The molecule has 270 valence electrons. The number of benzene rings is 4. The van der Waals surface area contributed by atoms with Crippen molar-refractivity contribution in [3.05, 3.63) is 118 Å². The van der Waals surface area contributed by atoms with Gasteiger partial charge in [-0.1, -0.05) is 49.9 Å². The molecule has 2 aromatic heterocycles. The van der Waals surface area contributed by atoms with E-state index in [1.54, 1.807) is 81.9 Å². The zero-order valence-electron chi connectivity index (χ0n) is 27.6. The minimum Gasteiger partial charge on any atom is -0.716 e. The predicted molar refractivity (Wildman–Crippen MR) is 191 cm³/mol. The van der Waals surface area contributed by atoms with Gasteiger partial charge in [0, 0.05) is 24.2 Å². The van der Waals surface area contributed by atoms with Crippen molar-refractivity contribution in [3.63, 3.8) is 0 Å². The number of hydrogen-bond acceptors (Lipinski definition) is 12. The number of unbranched alkanes of at least 4 members (excludes halogenated alkanes) is 5. The van der Waals surface area contributed by atoms with Gasteiger partial charge in [0.15, 0.2) is 0 Å². The van der Waals surface area contributed by atoms with E-state index in [1.165, 1.54) is 24.3 Å². The minimum absolute atomic E-state index is 0.146.